The molecule has 1 saturated heterocycles. The van der Waals surface area contributed by atoms with Gasteiger partial charge in [0.2, 0.25) is 5.88 Å². The number of alkyl halides is 3. The number of nitrogens with zero attached hydrogens (tertiary/aromatic N) is 2. The van der Waals surface area contributed by atoms with E-state index in [0.29, 0.717) is 17.7 Å². The molecule has 0 amide bonds. The second-order valence-corrected chi connectivity index (χ2v) is 6.49. The highest BCUT2D eigenvalue weighted by atomic mass is 35.5. The third kappa shape index (κ3) is 4.40. The van der Waals surface area contributed by atoms with Gasteiger partial charge in [0.15, 0.2) is 11.5 Å². The molecule has 1 aromatic heterocycles. The van der Waals surface area contributed by atoms with Gasteiger partial charge in [-0.25, -0.2) is 4.98 Å². The Bertz CT molecular complexity index is 778. The van der Waals surface area contributed by atoms with Crippen LogP contribution in [-0.4, -0.2) is 30.1 Å². The molecule has 1 aliphatic rings. The predicted molar refractivity (Wildman–Crippen MR) is 91.8 cm³/mol. The molecule has 140 valence electrons. The van der Waals surface area contributed by atoms with E-state index < -0.39 is 11.7 Å². The zero-order valence-corrected chi connectivity index (χ0v) is 14.9. The minimum absolute atomic E-state index is 0.101. The number of aromatic nitrogens is 1. The first kappa shape index (κ1) is 18.8. The quantitative estimate of drug-likeness (QED) is 0.711. The van der Waals surface area contributed by atoms with E-state index in [4.69, 9.17) is 21.1 Å². The van der Waals surface area contributed by atoms with Crippen LogP contribution in [0.15, 0.2) is 30.5 Å². The third-order valence-electron chi connectivity index (χ3n) is 4.17. The highest BCUT2D eigenvalue weighted by Crippen LogP contribution is 2.37. The van der Waals surface area contributed by atoms with E-state index >= 15 is 0 Å². The van der Waals surface area contributed by atoms with Gasteiger partial charge in [0.05, 0.1) is 12.7 Å². The molecule has 0 atom stereocenters. The summed E-state index contributed by atoms with van der Waals surface area (Å²) >= 11 is 5.92. The summed E-state index contributed by atoms with van der Waals surface area (Å²) in [6.45, 7) is 2.87. The van der Waals surface area contributed by atoms with Gasteiger partial charge < -0.3 is 9.47 Å². The molecule has 0 radical (unpaired) electrons. The van der Waals surface area contributed by atoms with Crippen molar-refractivity contribution < 1.29 is 22.6 Å². The average molecular weight is 387 g/mol. The molecule has 0 unspecified atom stereocenters. The normalized spacial score (nSPS) is 15.3. The first-order valence-electron chi connectivity index (χ1n) is 8.16. The highest BCUT2D eigenvalue weighted by Gasteiger charge is 2.32. The summed E-state index contributed by atoms with van der Waals surface area (Å²) in [6, 6.07) is 6.29. The molecule has 1 fully saturated rings. The summed E-state index contributed by atoms with van der Waals surface area (Å²) in [5.74, 6) is 0.711. The molecule has 0 spiro atoms. The van der Waals surface area contributed by atoms with Crippen molar-refractivity contribution in [3.63, 3.8) is 0 Å². The number of pyridine rings is 1. The summed E-state index contributed by atoms with van der Waals surface area (Å²) in [6.07, 6.45) is -1.44. The van der Waals surface area contributed by atoms with Crippen molar-refractivity contribution in [1.82, 2.24) is 9.88 Å². The van der Waals surface area contributed by atoms with Crippen molar-refractivity contribution in [2.45, 2.75) is 25.6 Å². The first-order valence-corrected chi connectivity index (χ1v) is 8.54. The monoisotopic (exact) mass is 386 g/mol. The number of likely N-dealkylation sites (tertiary alicyclic amines) is 1. The Hall–Kier alpha value is -1.99. The average Bonchev–Trinajstić information content (AvgIpc) is 3.09. The smallest absolute Gasteiger partial charge is 0.417 e. The van der Waals surface area contributed by atoms with Crippen LogP contribution in [-0.2, 0) is 12.7 Å². The van der Waals surface area contributed by atoms with Crippen LogP contribution in [0, 0.1) is 0 Å². The number of ether oxygens (including phenoxy) is 2. The van der Waals surface area contributed by atoms with Crippen LogP contribution in [0.1, 0.15) is 24.0 Å². The number of rotatable bonds is 5. The van der Waals surface area contributed by atoms with Gasteiger partial charge in [-0.05, 0) is 49.7 Å². The Balaban J connectivity index is 1.83. The highest BCUT2D eigenvalue weighted by molar-refractivity contribution is 6.31. The lowest BCUT2D eigenvalue weighted by Crippen LogP contribution is -2.18. The fourth-order valence-corrected chi connectivity index (χ4v) is 3.06. The van der Waals surface area contributed by atoms with Crippen molar-refractivity contribution in [1.29, 1.82) is 0 Å². The molecule has 0 saturated carbocycles. The number of hydrogen-bond acceptors (Lipinski definition) is 4. The lowest BCUT2D eigenvalue weighted by Gasteiger charge is -2.17. The van der Waals surface area contributed by atoms with Crippen molar-refractivity contribution in [2.24, 2.45) is 0 Å². The Kier molecular flexibility index (Phi) is 5.58. The van der Waals surface area contributed by atoms with E-state index in [0.717, 1.165) is 31.3 Å². The zero-order valence-electron chi connectivity index (χ0n) is 14.1. The standard InChI is InChI=1S/C18H18ClF3N2O2/c1-25-15-5-4-12(11-24-6-2-3-7-24)8-16(15)26-17-14(19)9-13(10-23-17)18(20,21)22/h4-5,8-10H,2-3,6-7,11H2,1H3. The van der Waals surface area contributed by atoms with E-state index in [1.165, 1.54) is 20.0 Å². The number of halogens is 4. The molecular weight excluding hydrogens is 369 g/mol. The topological polar surface area (TPSA) is 34.6 Å². The van der Waals surface area contributed by atoms with Crippen molar-refractivity contribution >= 4 is 11.6 Å². The summed E-state index contributed by atoms with van der Waals surface area (Å²) in [7, 11) is 1.49. The number of hydrogen-bond donors (Lipinski definition) is 0. The van der Waals surface area contributed by atoms with Gasteiger partial charge in [-0.2, -0.15) is 13.2 Å². The van der Waals surface area contributed by atoms with E-state index in [1.54, 1.807) is 12.1 Å². The SMILES string of the molecule is COc1ccc(CN2CCCC2)cc1Oc1ncc(C(F)(F)F)cc1Cl. The maximum atomic E-state index is 12.7. The molecule has 1 aliphatic heterocycles. The molecule has 0 aliphatic carbocycles. The molecule has 0 bridgehead atoms. The van der Waals surface area contributed by atoms with Gasteiger partial charge >= 0.3 is 6.18 Å². The van der Waals surface area contributed by atoms with Crippen LogP contribution in [0.2, 0.25) is 5.02 Å². The molecule has 2 heterocycles. The van der Waals surface area contributed by atoms with E-state index in [9.17, 15) is 13.2 Å². The van der Waals surface area contributed by atoms with Crippen LogP contribution in [0.25, 0.3) is 0 Å². The first-order chi connectivity index (χ1) is 12.4. The second-order valence-electron chi connectivity index (χ2n) is 6.08. The van der Waals surface area contributed by atoms with Gasteiger partial charge in [-0.3, -0.25) is 4.90 Å². The lowest BCUT2D eigenvalue weighted by molar-refractivity contribution is -0.137. The maximum Gasteiger partial charge on any atom is 0.417 e. The summed E-state index contributed by atoms with van der Waals surface area (Å²) in [4.78, 5) is 6.04. The molecule has 26 heavy (non-hydrogen) atoms. The van der Waals surface area contributed by atoms with Gasteiger partial charge in [-0.15, -0.1) is 0 Å². The Morgan fingerprint density at radius 2 is 1.88 bits per heavy atom. The van der Waals surface area contributed by atoms with Gasteiger partial charge in [0.1, 0.15) is 5.02 Å². The van der Waals surface area contributed by atoms with Gasteiger partial charge in [-0.1, -0.05) is 17.7 Å². The lowest BCUT2D eigenvalue weighted by atomic mass is 10.2. The van der Waals surface area contributed by atoms with Crippen LogP contribution >= 0.6 is 11.6 Å². The summed E-state index contributed by atoms with van der Waals surface area (Å²) in [5.41, 5.74) is 0.0929. The maximum absolute atomic E-state index is 12.7. The van der Waals surface area contributed by atoms with Crippen molar-refractivity contribution in [3.8, 4) is 17.4 Å². The Labute approximate surface area is 154 Å². The Morgan fingerprint density at radius 1 is 1.15 bits per heavy atom. The summed E-state index contributed by atoms with van der Waals surface area (Å²) in [5, 5.41) is -0.216. The van der Waals surface area contributed by atoms with E-state index in [2.05, 4.69) is 9.88 Å². The third-order valence-corrected chi connectivity index (χ3v) is 4.45. The number of methoxy groups -OCH3 is 1. The van der Waals surface area contributed by atoms with Crippen LogP contribution in [0.3, 0.4) is 0 Å². The molecule has 3 rings (SSSR count). The fraction of sp³-hybridized carbons (Fsp3) is 0.389. The molecule has 2 aromatic rings. The second kappa shape index (κ2) is 7.72. The van der Waals surface area contributed by atoms with Gasteiger partial charge in [0, 0.05) is 12.7 Å². The largest absolute Gasteiger partial charge is 0.493 e. The summed E-state index contributed by atoms with van der Waals surface area (Å²) < 4.78 is 49.1. The van der Waals surface area contributed by atoms with Gasteiger partial charge in [0.25, 0.3) is 0 Å². The van der Waals surface area contributed by atoms with Crippen LogP contribution in [0.4, 0.5) is 13.2 Å². The molecular formula is C18H18ClF3N2O2. The molecule has 1 aromatic carbocycles. The van der Waals surface area contributed by atoms with Crippen molar-refractivity contribution in [3.05, 3.63) is 46.6 Å². The van der Waals surface area contributed by atoms with Crippen LogP contribution in [0.5, 0.6) is 17.4 Å². The predicted octanol–water partition coefficient (Wildman–Crippen LogP) is 5.15. The molecule has 4 nitrogen and oxygen atoms in total. The molecule has 0 N–H and O–H groups in total. The number of benzene rings is 1. The fourth-order valence-electron chi connectivity index (χ4n) is 2.86. The minimum Gasteiger partial charge on any atom is -0.493 e. The van der Waals surface area contributed by atoms with Crippen LogP contribution < -0.4 is 9.47 Å². The van der Waals surface area contributed by atoms with Crippen molar-refractivity contribution in [2.75, 3.05) is 20.2 Å². The Morgan fingerprint density at radius 3 is 2.50 bits per heavy atom. The van der Waals surface area contributed by atoms with E-state index in [1.807, 2.05) is 6.07 Å². The van der Waals surface area contributed by atoms with E-state index in [-0.39, 0.29) is 10.9 Å². The minimum atomic E-state index is -4.51. The zero-order chi connectivity index (χ0) is 18.7. The molecule has 8 heteroatoms.